The van der Waals surface area contributed by atoms with E-state index < -0.39 is 11.2 Å². The number of hydrogen-bond donors (Lipinski definition) is 3. The van der Waals surface area contributed by atoms with Gasteiger partial charge >= 0.3 is 5.69 Å². The Balaban J connectivity index is 1.37. The second-order valence-corrected chi connectivity index (χ2v) is 7.93. The van der Waals surface area contributed by atoms with Crippen molar-refractivity contribution in [1.29, 1.82) is 0 Å². The first kappa shape index (κ1) is 23.2. The number of nitrogens with one attached hydrogen (secondary N) is 3. The van der Waals surface area contributed by atoms with Gasteiger partial charge in [0.25, 0.3) is 5.56 Å². The highest BCUT2D eigenvalue weighted by atomic mass is 19.1. The molecule has 8 nitrogen and oxygen atoms in total. The molecule has 1 aromatic carbocycles. The Morgan fingerprint density at radius 1 is 1.09 bits per heavy atom. The molecule has 0 atom stereocenters. The number of carbonyl (C=O) groups excluding carboxylic acids is 1. The van der Waals surface area contributed by atoms with Crippen molar-refractivity contribution in [3.63, 3.8) is 0 Å². The minimum Gasteiger partial charge on any atom is -0.346 e. The zero-order valence-electron chi connectivity index (χ0n) is 18.3. The number of nitrogens with zero attached hydrogens (tertiary/aromatic N) is 2. The third-order valence-electron chi connectivity index (χ3n) is 5.46. The molecule has 3 rings (SSSR count). The fourth-order valence-corrected chi connectivity index (χ4v) is 3.60. The zero-order valence-corrected chi connectivity index (χ0v) is 18.3. The van der Waals surface area contributed by atoms with Crippen LogP contribution in [-0.2, 0) is 17.6 Å². The third kappa shape index (κ3) is 6.26. The third-order valence-corrected chi connectivity index (χ3v) is 5.46. The Bertz CT molecular complexity index is 1180. The number of aromatic nitrogens is 4. The number of aryl methyl sites for hydroxylation is 2. The highest BCUT2D eigenvalue weighted by Crippen LogP contribution is 2.19. The van der Waals surface area contributed by atoms with Gasteiger partial charge in [0.15, 0.2) is 0 Å². The monoisotopic (exact) mass is 441 g/mol. The fraction of sp³-hybridized carbons (Fsp3) is 0.391. The number of aromatic amines is 3. The highest BCUT2D eigenvalue weighted by Gasteiger charge is 2.12. The van der Waals surface area contributed by atoms with Crippen LogP contribution in [-0.4, -0.2) is 44.6 Å². The number of hydrogen-bond acceptors (Lipinski definition) is 4. The van der Waals surface area contributed by atoms with Crippen molar-refractivity contribution < 1.29 is 9.18 Å². The summed E-state index contributed by atoms with van der Waals surface area (Å²) in [7, 11) is 1.76. The smallest absolute Gasteiger partial charge is 0.325 e. The van der Waals surface area contributed by atoms with Crippen molar-refractivity contribution in [3.8, 4) is 11.3 Å². The molecule has 0 saturated heterocycles. The number of unbranched alkanes of at least 4 members (excludes halogenated alkanes) is 2. The van der Waals surface area contributed by atoms with E-state index in [0.29, 0.717) is 17.8 Å². The summed E-state index contributed by atoms with van der Waals surface area (Å²) >= 11 is 0. The largest absolute Gasteiger partial charge is 0.346 e. The second kappa shape index (κ2) is 10.7. The van der Waals surface area contributed by atoms with Crippen molar-refractivity contribution >= 4 is 5.91 Å². The maximum Gasteiger partial charge on any atom is 0.325 e. The van der Waals surface area contributed by atoms with Crippen molar-refractivity contribution in [2.75, 3.05) is 13.6 Å². The molecule has 0 bridgehead atoms. The van der Waals surface area contributed by atoms with E-state index in [1.165, 1.54) is 12.1 Å². The Morgan fingerprint density at radius 2 is 1.91 bits per heavy atom. The molecule has 3 N–H and O–H groups in total. The van der Waals surface area contributed by atoms with Gasteiger partial charge in [0.1, 0.15) is 5.82 Å². The van der Waals surface area contributed by atoms with Gasteiger partial charge in [-0.05, 0) is 50.8 Å². The molecule has 2 aromatic heterocycles. The number of amides is 1. The molecule has 0 aliphatic heterocycles. The van der Waals surface area contributed by atoms with Crippen LogP contribution in [0.2, 0.25) is 0 Å². The first-order valence-electron chi connectivity index (χ1n) is 10.7. The van der Waals surface area contributed by atoms with Crippen molar-refractivity contribution in [2.24, 2.45) is 0 Å². The quantitative estimate of drug-likeness (QED) is 0.420. The van der Waals surface area contributed by atoms with Gasteiger partial charge in [-0.2, -0.15) is 5.10 Å². The lowest BCUT2D eigenvalue weighted by atomic mass is 10.1. The average Bonchev–Trinajstić information content (AvgIpc) is 3.21. The molecular weight excluding hydrogens is 413 g/mol. The van der Waals surface area contributed by atoms with Gasteiger partial charge < -0.3 is 9.88 Å². The number of benzene rings is 1. The van der Waals surface area contributed by atoms with Gasteiger partial charge in [-0.3, -0.25) is 19.7 Å². The molecule has 0 spiro atoms. The van der Waals surface area contributed by atoms with Crippen LogP contribution in [0.15, 0.2) is 39.9 Å². The van der Waals surface area contributed by atoms with Crippen molar-refractivity contribution in [3.05, 3.63) is 73.9 Å². The lowest BCUT2D eigenvalue weighted by molar-refractivity contribution is -0.129. The normalized spacial score (nSPS) is 11.0. The van der Waals surface area contributed by atoms with Crippen molar-refractivity contribution in [2.45, 2.75) is 45.4 Å². The maximum atomic E-state index is 13.4. The van der Waals surface area contributed by atoms with E-state index in [0.717, 1.165) is 42.6 Å². The number of carbonyl (C=O) groups is 1. The first-order valence-corrected chi connectivity index (χ1v) is 10.7. The zero-order chi connectivity index (χ0) is 23.1. The highest BCUT2D eigenvalue weighted by molar-refractivity contribution is 5.76. The van der Waals surface area contributed by atoms with Gasteiger partial charge in [-0.15, -0.1) is 0 Å². The standard InChI is InChI=1S/C23H28FN5O3/c1-15-19(22(31)26-23(32)25-15)10-11-21(30)29(2)12-5-3-4-9-18-14-20(28-27-18)16-7-6-8-17(24)13-16/h6-8,13-14H,3-5,9-12H2,1-2H3,(H,27,28)(H2,25,26,31,32). The second-order valence-electron chi connectivity index (χ2n) is 7.93. The van der Waals surface area contributed by atoms with Crippen molar-refractivity contribution in [1.82, 2.24) is 25.1 Å². The molecule has 1 amide bonds. The topological polar surface area (TPSA) is 115 Å². The van der Waals surface area contributed by atoms with E-state index in [1.807, 2.05) is 12.1 Å². The predicted octanol–water partition coefficient (Wildman–Crippen LogP) is 2.70. The van der Waals surface area contributed by atoms with E-state index in [2.05, 4.69) is 20.2 Å². The van der Waals surface area contributed by atoms with Crippen LogP contribution in [0.1, 0.15) is 42.6 Å². The average molecular weight is 442 g/mol. The SMILES string of the molecule is Cc1[nH]c(=O)[nH]c(=O)c1CCC(=O)N(C)CCCCCc1cc(-c2cccc(F)c2)n[nH]1. The molecule has 2 heterocycles. The molecular formula is C23H28FN5O3. The van der Waals surface area contributed by atoms with Crippen LogP contribution < -0.4 is 11.2 Å². The van der Waals surface area contributed by atoms with Crippen LogP contribution >= 0.6 is 0 Å². The summed E-state index contributed by atoms with van der Waals surface area (Å²) < 4.78 is 13.4. The van der Waals surface area contributed by atoms with Crippen LogP contribution in [0.3, 0.4) is 0 Å². The fourth-order valence-electron chi connectivity index (χ4n) is 3.60. The van der Waals surface area contributed by atoms with Gasteiger partial charge in [-0.25, -0.2) is 9.18 Å². The van der Waals surface area contributed by atoms with Gasteiger partial charge in [0.2, 0.25) is 5.91 Å². The van der Waals surface area contributed by atoms with Gasteiger partial charge in [0, 0.05) is 42.5 Å². The van der Waals surface area contributed by atoms with E-state index in [9.17, 15) is 18.8 Å². The maximum absolute atomic E-state index is 13.4. The van der Waals surface area contributed by atoms with E-state index in [4.69, 9.17) is 0 Å². The summed E-state index contributed by atoms with van der Waals surface area (Å²) in [6.07, 6.45) is 4.08. The van der Waals surface area contributed by atoms with Crippen LogP contribution in [0.4, 0.5) is 4.39 Å². The van der Waals surface area contributed by atoms with Crippen LogP contribution in [0.5, 0.6) is 0 Å². The molecule has 0 unspecified atom stereocenters. The lowest BCUT2D eigenvalue weighted by Gasteiger charge is -2.17. The molecule has 9 heteroatoms. The molecule has 0 radical (unpaired) electrons. The number of halogens is 1. The predicted molar refractivity (Wildman–Crippen MR) is 120 cm³/mol. The molecule has 3 aromatic rings. The summed E-state index contributed by atoms with van der Waals surface area (Å²) in [6.45, 7) is 2.29. The van der Waals surface area contributed by atoms with E-state index >= 15 is 0 Å². The van der Waals surface area contributed by atoms with Crippen LogP contribution in [0, 0.1) is 12.7 Å². The van der Waals surface area contributed by atoms with Gasteiger partial charge in [-0.1, -0.05) is 18.6 Å². The summed E-state index contributed by atoms with van der Waals surface area (Å²) in [5.74, 6) is -0.324. The number of rotatable bonds is 10. The van der Waals surface area contributed by atoms with E-state index in [1.54, 1.807) is 24.9 Å². The Hall–Kier alpha value is -3.49. The minimum absolute atomic E-state index is 0.0386. The molecule has 0 fully saturated rings. The Labute approximate surface area is 184 Å². The Kier molecular flexibility index (Phi) is 7.75. The molecule has 170 valence electrons. The molecule has 32 heavy (non-hydrogen) atoms. The first-order chi connectivity index (χ1) is 15.3. The lowest BCUT2D eigenvalue weighted by Crippen LogP contribution is -2.30. The molecule has 0 aliphatic carbocycles. The Morgan fingerprint density at radius 3 is 2.66 bits per heavy atom. The minimum atomic E-state index is -0.542. The van der Waals surface area contributed by atoms with Gasteiger partial charge in [0.05, 0.1) is 5.69 Å². The summed E-state index contributed by atoms with van der Waals surface area (Å²) in [4.78, 5) is 41.9. The van der Waals surface area contributed by atoms with E-state index in [-0.39, 0.29) is 24.6 Å². The number of H-pyrrole nitrogens is 3. The van der Waals surface area contributed by atoms with Crippen LogP contribution in [0.25, 0.3) is 11.3 Å². The molecule has 0 saturated carbocycles. The molecule has 0 aliphatic rings. The summed E-state index contributed by atoms with van der Waals surface area (Å²) in [6, 6.07) is 8.29. The summed E-state index contributed by atoms with van der Waals surface area (Å²) in [5.41, 5.74) is 2.40. The summed E-state index contributed by atoms with van der Waals surface area (Å²) in [5, 5.41) is 7.25.